The fraction of sp³-hybridized carbons (Fsp3) is 0.953. The van der Waals surface area contributed by atoms with Gasteiger partial charge in [-0.05, 0) is 38.5 Å². The Morgan fingerprint density at radius 2 is 0.739 bits per heavy atom. The van der Waals surface area contributed by atoms with Crippen LogP contribution in [0.3, 0.4) is 0 Å². The summed E-state index contributed by atoms with van der Waals surface area (Å²) in [5.74, 6) is 0. The fourth-order valence-electron chi connectivity index (χ4n) is 5.98. The molecule has 0 aliphatic carbocycles. The Kier molecular flexibility index (Phi) is 46.3. The standard InChI is InChI=1S/C34H69NO2.C9H20/c1-5-7-9-11-13-15-16-17-18-19-20-21-22-23-24-26-28-30-36-33-34(32-35(3)4)37-31-29-27-25-14-12-10-8-6-2;1-3-5-7-9-8-6-4-2/h17-18,34H,5-16,19-33H2,1-4H3;3-9H2,1-2H3/p+1/b18-17-;. The summed E-state index contributed by atoms with van der Waals surface area (Å²) in [4.78, 5) is 1.44. The molecule has 0 amide bonds. The Morgan fingerprint density at radius 1 is 0.413 bits per heavy atom. The highest BCUT2D eigenvalue weighted by Gasteiger charge is 2.13. The molecule has 0 spiro atoms. The van der Waals surface area contributed by atoms with Crippen molar-refractivity contribution in [2.45, 2.75) is 226 Å². The van der Waals surface area contributed by atoms with Gasteiger partial charge in [-0.2, -0.15) is 0 Å². The molecule has 278 valence electrons. The Bertz CT molecular complexity index is 529. The topological polar surface area (TPSA) is 22.9 Å². The molecule has 1 atom stereocenters. The minimum absolute atomic E-state index is 0.245. The first-order chi connectivity index (χ1) is 22.6. The number of hydrogen-bond donors (Lipinski definition) is 1. The van der Waals surface area contributed by atoms with Gasteiger partial charge in [0.15, 0.2) is 0 Å². The number of allylic oxidation sites excluding steroid dienone is 2. The van der Waals surface area contributed by atoms with Gasteiger partial charge in [0.05, 0.1) is 20.7 Å². The number of rotatable bonds is 37. The number of nitrogens with one attached hydrogen (secondary N) is 1. The maximum Gasteiger partial charge on any atom is 0.129 e. The Morgan fingerprint density at radius 3 is 1.11 bits per heavy atom. The zero-order valence-electron chi connectivity index (χ0n) is 33.1. The second-order valence-electron chi connectivity index (χ2n) is 14.5. The van der Waals surface area contributed by atoms with Crippen LogP contribution >= 0.6 is 0 Å². The van der Waals surface area contributed by atoms with Crippen LogP contribution in [0.25, 0.3) is 0 Å². The molecular weight excluding hydrogens is 562 g/mol. The van der Waals surface area contributed by atoms with Crippen molar-refractivity contribution in [1.82, 2.24) is 0 Å². The van der Waals surface area contributed by atoms with Gasteiger partial charge in [0.25, 0.3) is 0 Å². The zero-order valence-corrected chi connectivity index (χ0v) is 33.1. The predicted molar refractivity (Wildman–Crippen MR) is 209 cm³/mol. The van der Waals surface area contributed by atoms with Gasteiger partial charge < -0.3 is 14.4 Å². The van der Waals surface area contributed by atoms with Crippen molar-refractivity contribution >= 4 is 0 Å². The fourth-order valence-corrected chi connectivity index (χ4v) is 5.98. The van der Waals surface area contributed by atoms with Crippen LogP contribution in [0, 0.1) is 0 Å². The van der Waals surface area contributed by atoms with E-state index in [4.69, 9.17) is 9.47 Å². The van der Waals surface area contributed by atoms with Gasteiger partial charge in [-0.3, -0.25) is 0 Å². The van der Waals surface area contributed by atoms with E-state index in [2.05, 4.69) is 53.9 Å². The molecule has 0 radical (unpaired) electrons. The minimum atomic E-state index is 0.245. The SMILES string of the molecule is CCCCCCCC/C=C\CCCCCCCCCOCC(C[NH+](C)C)OCCCCCCCCCC.CCCCCCCCC. The van der Waals surface area contributed by atoms with Crippen LogP contribution in [0.15, 0.2) is 12.2 Å². The number of unbranched alkanes of at least 4 members (excludes halogenated alkanes) is 26. The molecule has 46 heavy (non-hydrogen) atoms. The van der Waals surface area contributed by atoms with E-state index in [-0.39, 0.29) is 6.10 Å². The maximum absolute atomic E-state index is 6.18. The quantitative estimate of drug-likeness (QED) is 0.0533. The second kappa shape index (κ2) is 44.6. The molecule has 0 bridgehead atoms. The number of ether oxygens (including phenoxy) is 2. The molecule has 0 rings (SSSR count). The molecule has 0 aromatic rings. The average Bonchev–Trinajstić information content (AvgIpc) is 3.05. The third-order valence-electron chi connectivity index (χ3n) is 9.05. The monoisotopic (exact) mass is 653 g/mol. The summed E-state index contributed by atoms with van der Waals surface area (Å²) in [5.41, 5.74) is 0. The maximum atomic E-state index is 6.18. The van der Waals surface area contributed by atoms with Crippen LogP contribution in [-0.2, 0) is 9.47 Å². The first-order valence-electron chi connectivity index (χ1n) is 21.3. The highest BCUT2D eigenvalue weighted by atomic mass is 16.5. The van der Waals surface area contributed by atoms with Crippen molar-refractivity contribution in [2.24, 2.45) is 0 Å². The highest BCUT2D eigenvalue weighted by Crippen LogP contribution is 2.12. The van der Waals surface area contributed by atoms with E-state index >= 15 is 0 Å². The molecule has 0 fully saturated rings. The smallest absolute Gasteiger partial charge is 0.129 e. The largest absolute Gasteiger partial charge is 0.379 e. The van der Waals surface area contributed by atoms with Gasteiger partial charge in [0.2, 0.25) is 0 Å². The second-order valence-corrected chi connectivity index (χ2v) is 14.5. The third-order valence-corrected chi connectivity index (χ3v) is 9.05. The van der Waals surface area contributed by atoms with Gasteiger partial charge in [-0.25, -0.2) is 0 Å². The van der Waals surface area contributed by atoms with E-state index in [1.807, 2.05) is 0 Å². The number of quaternary nitrogens is 1. The summed E-state index contributed by atoms with van der Waals surface area (Å²) in [7, 11) is 4.42. The first-order valence-corrected chi connectivity index (χ1v) is 21.3. The number of hydrogen-bond acceptors (Lipinski definition) is 2. The lowest BCUT2D eigenvalue weighted by Gasteiger charge is -2.20. The van der Waals surface area contributed by atoms with Gasteiger partial charge in [0.1, 0.15) is 12.6 Å². The van der Waals surface area contributed by atoms with E-state index in [1.54, 1.807) is 0 Å². The summed E-state index contributed by atoms with van der Waals surface area (Å²) >= 11 is 0. The van der Waals surface area contributed by atoms with E-state index in [0.717, 1.165) is 26.4 Å². The zero-order chi connectivity index (χ0) is 34.0. The van der Waals surface area contributed by atoms with Crippen LogP contribution in [-0.4, -0.2) is 46.6 Å². The van der Waals surface area contributed by atoms with Gasteiger partial charge >= 0.3 is 0 Å². The van der Waals surface area contributed by atoms with Crippen molar-refractivity contribution < 1.29 is 14.4 Å². The summed E-state index contributed by atoms with van der Waals surface area (Å²) in [5, 5.41) is 0. The molecule has 3 heteroatoms. The lowest BCUT2D eigenvalue weighted by atomic mass is 10.1. The van der Waals surface area contributed by atoms with Gasteiger partial charge in [-0.1, -0.05) is 194 Å². The Labute approximate surface area is 292 Å². The molecule has 0 saturated heterocycles. The van der Waals surface area contributed by atoms with Gasteiger partial charge in [0, 0.05) is 13.2 Å². The molecule has 1 N–H and O–H groups in total. The first kappa shape index (κ1) is 47.7. The summed E-state index contributed by atoms with van der Waals surface area (Å²) in [6.07, 6.45) is 46.3. The highest BCUT2D eigenvalue weighted by molar-refractivity contribution is 4.81. The predicted octanol–water partition coefficient (Wildman–Crippen LogP) is 12.9. The van der Waals surface area contributed by atoms with E-state index in [9.17, 15) is 0 Å². The molecule has 0 aliphatic rings. The van der Waals surface area contributed by atoms with Crippen molar-refractivity contribution in [2.75, 3.05) is 40.5 Å². The molecule has 0 heterocycles. The van der Waals surface area contributed by atoms with Crippen molar-refractivity contribution in [3.63, 3.8) is 0 Å². The summed E-state index contributed by atoms with van der Waals surface area (Å²) < 4.78 is 12.2. The van der Waals surface area contributed by atoms with Crippen LogP contribution < -0.4 is 4.90 Å². The van der Waals surface area contributed by atoms with Crippen LogP contribution in [0.1, 0.15) is 220 Å². The minimum Gasteiger partial charge on any atom is -0.379 e. The summed E-state index contributed by atoms with van der Waals surface area (Å²) in [6.45, 7) is 12.7. The average molecular weight is 653 g/mol. The van der Waals surface area contributed by atoms with E-state index in [1.165, 1.54) is 198 Å². The molecule has 3 nitrogen and oxygen atoms in total. The molecule has 1 unspecified atom stereocenters. The molecule has 0 aliphatic heterocycles. The summed E-state index contributed by atoms with van der Waals surface area (Å²) in [6, 6.07) is 0. The van der Waals surface area contributed by atoms with Crippen LogP contribution in [0.2, 0.25) is 0 Å². The number of likely N-dealkylation sites (N-methyl/N-ethyl adjacent to an activating group) is 1. The van der Waals surface area contributed by atoms with Crippen molar-refractivity contribution in [1.29, 1.82) is 0 Å². The van der Waals surface area contributed by atoms with Gasteiger partial charge in [-0.15, -0.1) is 0 Å². The van der Waals surface area contributed by atoms with E-state index < -0.39 is 0 Å². The molecule has 0 aromatic heterocycles. The lowest BCUT2D eigenvalue weighted by Crippen LogP contribution is -3.07. The third kappa shape index (κ3) is 45.7. The molecule has 0 saturated carbocycles. The normalized spacial score (nSPS) is 12.2. The molecular formula is C43H90NO2+. The van der Waals surface area contributed by atoms with Crippen LogP contribution in [0.4, 0.5) is 0 Å². The van der Waals surface area contributed by atoms with Crippen LogP contribution in [0.5, 0.6) is 0 Å². The van der Waals surface area contributed by atoms with Crippen molar-refractivity contribution in [3.8, 4) is 0 Å². The Balaban J connectivity index is 0. The Hall–Kier alpha value is -0.380. The lowest BCUT2D eigenvalue weighted by molar-refractivity contribution is -0.862. The van der Waals surface area contributed by atoms with Crippen molar-refractivity contribution in [3.05, 3.63) is 12.2 Å². The molecule has 0 aromatic carbocycles. The van der Waals surface area contributed by atoms with E-state index in [0.29, 0.717) is 0 Å².